The van der Waals surface area contributed by atoms with Crippen LogP contribution in [0.15, 0.2) is 48.5 Å². The summed E-state index contributed by atoms with van der Waals surface area (Å²) in [5.41, 5.74) is 1.53. The number of hydrogen-bond donors (Lipinski definition) is 0. The van der Waals surface area contributed by atoms with Gasteiger partial charge in [-0.1, -0.05) is 36.4 Å². The first kappa shape index (κ1) is 11.0. The molecular weight excluding hydrogens is 218 g/mol. The van der Waals surface area contributed by atoms with Gasteiger partial charge in [0.25, 0.3) is 5.69 Å². The van der Waals surface area contributed by atoms with Crippen LogP contribution in [0, 0.1) is 10.1 Å². The molecule has 84 valence electrons. The van der Waals surface area contributed by atoms with Crippen molar-refractivity contribution in [2.24, 2.45) is 0 Å². The molecule has 0 atom stereocenters. The molecule has 17 heavy (non-hydrogen) atoms. The summed E-state index contributed by atoms with van der Waals surface area (Å²) in [6.45, 7) is 0. The van der Waals surface area contributed by atoms with Crippen molar-refractivity contribution in [2.75, 3.05) is 0 Å². The van der Waals surface area contributed by atoms with Crippen molar-refractivity contribution in [3.05, 3.63) is 64.2 Å². The van der Waals surface area contributed by atoms with Crippen molar-refractivity contribution < 1.29 is 9.72 Å². The molecule has 0 amide bonds. The maximum atomic E-state index is 10.8. The zero-order chi connectivity index (χ0) is 12.3. The van der Waals surface area contributed by atoms with Crippen molar-refractivity contribution >= 4 is 12.0 Å². The number of nitro benzene ring substituents is 1. The van der Waals surface area contributed by atoms with Gasteiger partial charge in [-0.15, -0.1) is 0 Å². The SMILES string of the molecule is O=Cc1ccc(-c2ccccc2)cc1[N+](=O)[O-]. The van der Waals surface area contributed by atoms with Crippen molar-refractivity contribution in [1.82, 2.24) is 0 Å². The van der Waals surface area contributed by atoms with E-state index in [4.69, 9.17) is 0 Å². The third-order valence-electron chi connectivity index (χ3n) is 2.46. The molecule has 0 aliphatic carbocycles. The average molecular weight is 227 g/mol. The van der Waals surface area contributed by atoms with E-state index in [-0.39, 0.29) is 11.3 Å². The van der Waals surface area contributed by atoms with E-state index >= 15 is 0 Å². The molecule has 0 heterocycles. The molecule has 0 aliphatic rings. The molecule has 4 heteroatoms. The Morgan fingerprint density at radius 1 is 1.00 bits per heavy atom. The van der Waals surface area contributed by atoms with E-state index in [1.165, 1.54) is 12.1 Å². The standard InChI is InChI=1S/C13H9NO3/c15-9-12-7-6-11(8-13(12)14(16)17)10-4-2-1-3-5-10/h1-9H. The molecule has 0 fully saturated rings. The van der Waals surface area contributed by atoms with Crippen LogP contribution >= 0.6 is 0 Å². The molecule has 0 saturated heterocycles. The predicted molar refractivity (Wildman–Crippen MR) is 63.9 cm³/mol. The Kier molecular flexibility index (Phi) is 2.96. The first-order valence-corrected chi connectivity index (χ1v) is 5.01. The van der Waals surface area contributed by atoms with E-state index in [9.17, 15) is 14.9 Å². The van der Waals surface area contributed by atoms with Crippen molar-refractivity contribution in [1.29, 1.82) is 0 Å². The molecule has 0 aliphatic heterocycles. The van der Waals surface area contributed by atoms with E-state index in [0.29, 0.717) is 6.29 Å². The fraction of sp³-hybridized carbons (Fsp3) is 0. The monoisotopic (exact) mass is 227 g/mol. The number of carbonyl (C=O) groups excluding carboxylic acids is 1. The van der Waals surface area contributed by atoms with Gasteiger partial charge in [-0.25, -0.2) is 0 Å². The summed E-state index contributed by atoms with van der Waals surface area (Å²) in [5.74, 6) is 0. The van der Waals surface area contributed by atoms with Gasteiger partial charge >= 0.3 is 0 Å². The largest absolute Gasteiger partial charge is 0.298 e. The Bertz CT molecular complexity index is 564. The molecule has 0 aromatic heterocycles. The second-order valence-electron chi connectivity index (χ2n) is 3.51. The molecular formula is C13H9NO3. The van der Waals surface area contributed by atoms with Crippen molar-refractivity contribution in [3.63, 3.8) is 0 Å². The second-order valence-corrected chi connectivity index (χ2v) is 3.51. The van der Waals surface area contributed by atoms with Gasteiger partial charge in [0.05, 0.1) is 10.5 Å². The third kappa shape index (κ3) is 2.20. The van der Waals surface area contributed by atoms with Gasteiger partial charge < -0.3 is 0 Å². The fourth-order valence-corrected chi connectivity index (χ4v) is 1.61. The lowest BCUT2D eigenvalue weighted by Gasteiger charge is -2.02. The Morgan fingerprint density at radius 2 is 1.71 bits per heavy atom. The van der Waals surface area contributed by atoms with Gasteiger partial charge in [-0.05, 0) is 17.2 Å². The third-order valence-corrected chi connectivity index (χ3v) is 2.46. The lowest BCUT2D eigenvalue weighted by atomic mass is 10.0. The first-order chi connectivity index (χ1) is 8.22. The Hall–Kier alpha value is -2.49. The van der Waals surface area contributed by atoms with Crippen LogP contribution in [0.4, 0.5) is 5.69 Å². The summed E-state index contributed by atoms with van der Waals surface area (Å²) in [4.78, 5) is 20.9. The van der Waals surface area contributed by atoms with E-state index in [2.05, 4.69) is 0 Å². The molecule has 2 rings (SSSR count). The molecule has 0 bridgehead atoms. The summed E-state index contributed by atoms with van der Waals surface area (Å²) in [5, 5.41) is 10.8. The molecule has 0 spiro atoms. The van der Waals surface area contributed by atoms with Crippen LogP contribution in [-0.2, 0) is 0 Å². The summed E-state index contributed by atoms with van der Waals surface area (Å²) in [6.07, 6.45) is 0.493. The second kappa shape index (κ2) is 4.57. The van der Waals surface area contributed by atoms with Gasteiger partial charge in [-0.3, -0.25) is 14.9 Å². The zero-order valence-corrected chi connectivity index (χ0v) is 8.87. The van der Waals surface area contributed by atoms with E-state index < -0.39 is 4.92 Å². The topological polar surface area (TPSA) is 60.2 Å². The Labute approximate surface area is 97.7 Å². The van der Waals surface area contributed by atoms with Gasteiger partial charge in [0.1, 0.15) is 0 Å². The Morgan fingerprint density at radius 3 is 2.29 bits per heavy atom. The highest BCUT2D eigenvalue weighted by molar-refractivity contribution is 5.83. The van der Waals surface area contributed by atoms with Gasteiger partial charge in [-0.2, -0.15) is 0 Å². The number of nitrogens with zero attached hydrogens (tertiary/aromatic N) is 1. The zero-order valence-electron chi connectivity index (χ0n) is 8.87. The number of nitro groups is 1. The number of carbonyl (C=O) groups is 1. The summed E-state index contributed by atoms with van der Waals surface area (Å²) >= 11 is 0. The highest BCUT2D eigenvalue weighted by Crippen LogP contribution is 2.26. The lowest BCUT2D eigenvalue weighted by Crippen LogP contribution is -1.94. The van der Waals surface area contributed by atoms with Crippen LogP contribution in [-0.4, -0.2) is 11.2 Å². The molecule has 0 N–H and O–H groups in total. The van der Waals surface area contributed by atoms with Crippen LogP contribution in [0.5, 0.6) is 0 Å². The predicted octanol–water partition coefficient (Wildman–Crippen LogP) is 3.07. The summed E-state index contributed by atoms with van der Waals surface area (Å²) in [6, 6.07) is 13.9. The number of hydrogen-bond acceptors (Lipinski definition) is 3. The number of aldehydes is 1. The minimum atomic E-state index is -0.545. The molecule has 0 unspecified atom stereocenters. The van der Waals surface area contributed by atoms with Crippen molar-refractivity contribution in [3.8, 4) is 11.1 Å². The smallest absolute Gasteiger partial charge is 0.280 e. The molecule has 4 nitrogen and oxygen atoms in total. The maximum absolute atomic E-state index is 10.8. The fourth-order valence-electron chi connectivity index (χ4n) is 1.61. The molecule has 2 aromatic carbocycles. The molecule has 0 saturated carbocycles. The average Bonchev–Trinajstić information content (AvgIpc) is 2.39. The van der Waals surface area contributed by atoms with Crippen LogP contribution in [0.3, 0.4) is 0 Å². The first-order valence-electron chi connectivity index (χ1n) is 5.01. The number of benzene rings is 2. The van der Waals surface area contributed by atoms with E-state index in [1.807, 2.05) is 30.3 Å². The number of rotatable bonds is 3. The maximum Gasteiger partial charge on any atom is 0.280 e. The Balaban J connectivity index is 2.55. The normalized spacial score (nSPS) is 9.88. The lowest BCUT2D eigenvalue weighted by molar-refractivity contribution is -0.385. The minimum Gasteiger partial charge on any atom is -0.298 e. The summed E-state index contributed by atoms with van der Waals surface area (Å²) in [7, 11) is 0. The molecule has 2 aromatic rings. The van der Waals surface area contributed by atoms with Crippen LogP contribution < -0.4 is 0 Å². The van der Waals surface area contributed by atoms with Gasteiger partial charge in [0, 0.05) is 6.07 Å². The van der Waals surface area contributed by atoms with Crippen molar-refractivity contribution in [2.45, 2.75) is 0 Å². The molecule has 0 radical (unpaired) electrons. The quantitative estimate of drug-likeness (QED) is 0.460. The van der Waals surface area contributed by atoms with E-state index in [0.717, 1.165) is 11.1 Å². The van der Waals surface area contributed by atoms with Gasteiger partial charge in [0.2, 0.25) is 0 Å². The van der Waals surface area contributed by atoms with Crippen LogP contribution in [0.2, 0.25) is 0 Å². The minimum absolute atomic E-state index is 0.0923. The van der Waals surface area contributed by atoms with Gasteiger partial charge in [0.15, 0.2) is 6.29 Å². The highest BCUT2D eigenvalue weighted by Gasteiger charge is 2.14. The summed E-state index contributed by atoms with van der Waals surface area (Å²) < 4.78 is 0. The highest BCUT2D eigenvalue weighted by atomic mass is 16.6. The van der Waals surface area contributed by atoms with Crippen LogP contribution in [0.1, 0.15) is 10.4 Å². The van der Waals surface area contributed by atoms with E-state index in [1.54, 1.807) is 6.07 Å². The van der Waals surface area contributed by atoms with Crippen LogP contribution in [0.25, 0.3) is 11.1 Å².